The van der Waals surface area contributed by atoms with Crippen molar-refractivity contribution in [1.29, 1.82) is 0 Å². The number of hydrogen-bond acceptors (Lipinski definition) is 3. The molecule has 1 aromatic rings. The second-order valence-electron chi connectivity index (χ2n) is 4.45. The molecule has 0 atom stereocenters. The molecule has 3 nitrogen and oxygen atoms in total. The third kappa shape index (κ3) is 3.22. The molecular weight excluding hydrogens is 216 g/mol. The van der Waals surface area contributed by atoms with Crippen LogP contribution in [-0.2, 0) is 11.2 Å². The minimum Gasteiger partial charge on any atom is -0.493 e. The van der Waals surface area contributed by atoms with Crippen molar-refractivity contribution in [1.82, 2.24) is 0 Å². The fourth-order valence-corrected chi connectivity index (χ4v) is 1.80. The Labute approximate surface area is 103 Å². The molecule has 0 aliphatic rings. The van der Waals surface area contributed by atoms with Crippen LogP contribution in [0.1, 0.15) is 37.8 Å². The van der Waals surface area contributed by atoms with Gasteiger partial charge in [-0.05, 0) is 24.5 Å². The second-order valence-corrected chi connectivity index (χ2v) is 4.45. The molecule has 0 aromatic heterocycles. The largest absolute Gasteiger partial charge is 0.493 e. The van der Waals surface area contributed by atoms with Gasteiger partial charge in [0.05, 0.1) is 14.2 Å². The summed E-state index contributed by atoms with van der Waals surface area (Å²) in [6.45, 7) is 5.80. The van der Waals surface area contributed by atoms with Crippen molar-refractivity contribution < 1.29 is 14.3 Å². The van der Waals surface area contributed by atoms with Gasteiger partial charge < -0.3 is 9.47 Å². The van der Waals surface area contributed by atoms with Gasteiger partial charge in [-0.25, -0.2) is 0 Å². The minimum atomic E-state index is 0.117. The zero-order chi connectivity index (χ0) is 13.0. The van der Waals surface area contributed by atoms with Crippen LogP contribution in [-0.4, -0.2) is 20.0 Å². The lowest BCUT2D eigenvalue weighted by Crippen LogP contribution is -2.03. The van der Waals surface area contributed by atoms with Crippen molar-refractivity contribution in [2.24, 2.45) is 0 Å². The molecule has 0 aliphatic carbocycles. The van der Waals surface area contributed by atoms with Gasteiger partial charge in [-0.3, -0.25) is 4.79 Å². The van der Waals surface area contributed by atoms with E-state index in [4.69, 9.17) is 9.47 Å². The average molecular weight is 236 g/mol. The van der Waals surface area contributed by atoms with Crippen LogP contribution in [0.5, 0.6) is 11.5 Å². The number of benzene rings is 1. The molecule has 0 radical (unpaired) electrons. The maximum absolute atomic E-state index is 11.3. The SMILES string of the molecule is COc1cc(C(C)C)cc(CC(C)=O)c1OC. The molecule has 0 saturated carbocycles. The third-order valence-electron chi connectivity index (χ3n) is 2.68. The topological polar surface area (TPSA) is 35.5 Å². The maximum atomic E-state index is 11.3. The number of ketones is 1. The van der Waals surface area contributed by atoms with E-state index in [1.807, 2.05) is 12.1 Å². The van der Waals surface area contributed by atoms with Gasteiger partial charge in [-0.15, -0.1) is 0 Å². The van der Waals surface area contributed by atoms with Gasteiger partial charge in [0.1, 0.15) is 5.78 Å². The Bertz CT molecular complexity index is 408. The van der Waals surface area contributed by atoms with E-state index in [9.17, 15) is 4.79 Å². The van der Waals surface area contributed by atoms with E-state index in [0.29, 0.717) is 23.8 Å². The molecule has 94 valence electrons. The van der Waals surface area contributed by atoms with E-state index < -0.39 is 0 Å². The van der Waals surface area contributed by atoms with Crippen molar-refractivity contribution in [3.8, 4) is 11.5 Å². The summed E-state index contributed by atoms with van der Waals surface area (Å²) in [4.78, 5) is 11.3. The van der Waals surface area contributed by atoms with Crippen molar-refractivity contribution >= 4 is 5.78 Å². The van der Waals surface area contributed by atoms with E-state index in [0.717, 1.165) is 11.1 Å². The zero-order valence-electron chi connectivity index (χ0n) is 11.2. The minimum absolute atomic E-state index is 0.117. The van der Waals surface area contributed by atoms with Crippen LogP contribution >= 0.6 is 0 Å². The van der Waals surface area contributed by atoms with E-state index in [1.54, 1.807) is 21.1 Å². The highest BCUT2D eigenvalue weighted by atomic mass is 16.5. The molecule has 1 aromatic carbocycles. The Morgan fingerprint density at radius 3 is 2.29 bits per heavy atom. The Kier molecular flexibility index (Phi) is 4.55. The summed E-state index contributed by atoms with van der Waals surface area (Å²) in [7, 11) is 3.20. The first-order chi connectivity index (χ1) is 7.99. The van der Waals surface area contributed by atoms with Crippen molar-refractivity contribution in [3.63, 3.8) is 0 Å². The zero-order valence-corrected chi connectivity index (χ0v) is 11.2. The second kappa shape index (κ2) is 5.71. The van der Waals surface area contributed by atoms with Crippen molar-refractivity contribution in [2.75, 3.05) is 14.2 Å². The van der Waals surface area contributed by atoms with E-state index in [2.05, 4.69) is 13.8 Å². The number of carbonyl (C=O) groups is 1. The molecular formula is C14H20O3. The summed E-state index contributed by atoms with van der Waals surface area (Å²) in [5.41, 5.74) is 2.04. The van der Waals surface area contributed by atoms with Gasteiger partial charge in [-0.1, -0.05) is 19.9 Å². The summed E-state index contributed by atoms with van der Waals surface area (Å²) >= 11 is 0. The van der Waals surface area contributed by atoms with Crippen LogP contribution in [0.15, 0.2) is 12.1 Å². The standard InChI is InChI=1S/C14H20O3/c1-9(2)11-7-12(6-10(3)15)14(17-5)13(8-11)16-4/h7-9H,6H2,1-5H3. The molecule has 1 rings (SSSR count). The molecule has 0 amide bonds. The number of carbonyl (C=O) groups excluding carboxylic acids is 1. The Hall–Kier alpha value is -1.51. The third-order valence-corrected chi connectivity index (χ3v) is 2.68. The average Bonchev–Trinajstić information content (AvgIpc) is 2.26. The number of hydrogen-bond donors (Lipinski definition) is 0. The van der Waals surface area contributed by atoms with Gasteiger partial charge in [0, 0.05) is 12.0 Å². The molecule has 3 heteroatoms. The highest BCUT2D eigenvalue weighted by molar-refractivity contribution is 5.79. The van der Waals surface area contributed by atoms with E-state index >= 15 is 0 Å². The van der Waals surface area contributed by atoms with Crippen LogP contribution < -0.4 is 9.47 Å². The summed E-state index contributed by atoms with van der Waals surface area (Å²) in [6.07, 6.45) is 0.375. The molecule has 17 heavy (non-hydrogen) atoms. The van der Waals surface area contributed by atoms with Crippen LogP contribution in [0.4, 0.5) is 0 Å². The van der Waals surface area contributed by atoms with Gasteiger partial charge in [0.25, 0.3) is 0 Å². The number of methoxy groups -OCH3 is 2. The smallest absolute Gasteiger partial charge is 0.164 e. The monoisotopic (exact) mass is 236 g/mol. The number of ether oxygens (including phenoxy) is 2. The predicted molar refractivity (Wildman–Crippen MR) is 68.0 cm³/mol. The maximum Gasteiger partial charge on any atom is 0.164 e. The fraction of sp³-hybridized carbons (Fsp3) is 0.500. The lowest BCUT2D eigenvalue weighted by molar-refractivity contribution is -0.116. The first-order valence-electron chi connectivity index (χ1n) is 5.73. The van der Waals surface area contributed by atoms with Gasteiger partial charge in [-0.2, -0.15) is 0 Å². The lowest BCUT2D eigenvalue weighted by Gasteiger charge is -2.16. The van der Waals surface area contributed by atoms with E-state index in [1.165, 1.54) is 0 Å². The first kappa shape index (κ1) is 13.6. The molecule has 0 fully saturated rings. The lowest BCUT2D eigenvalue weighted by atomic mass is 9.97. The van der Waals surface area contributed by atoms with E-state index in [-0.39, 0.29) is 5.78 Å². The highest BCUT2D eigenvalue weighted by Crippen LogP contribution is 2.35. The Morgan fingerprint density at radius 1 is 1.24 bits per heavy atom. The van der Waals surface area contributed by atoms with Gasteiger partial charge >= 0.3 is 0 Å². The summed E-state index contributed by atoms with van der Waals surface area (Å²) < 4.78 is 10.6. The van der Waals surface area contributed by atoms with Gasteiger partial charge in [0.15, 0.2) is 11.5 Å². The van der Waals surface area contributed by atoms with Crippen LogP contribution in [0, 0.1) is 0 Å². The molecule has 0 unspecified atom stereocenters. The fourth-order valence-electron chi connectivity index (χ4n) is 1.80. The van der Waals surface area contributed by atoms with Gasteiger partial charge in [0.2, 0.25) is 0 Å². The summed E-state index contributed by atoms with van der Waals surface area (Å²) in [5.74, 6) is 1.86. The predicted octanol–water partition coefficient (Wildman–Crippen LogP) is 2.96. The summed E-state index contributed by atoms with van der Waals surface area (Å²) in [6, 6.07) is 3.99. The highest BCUT2D eigenvalue weighted by Gasteiger charge is 2.15. The molecule has 0 spiro atoms. The molecule has 0 bridgehead atoms. The Balaban J connectivity index is 3.31. The molecule has 0 aliphatic heterocycles. The molecule has 0 N–H and O–H groups in total. The normalized spacial score (nSPS) is 10.5. The van der Waals surface area contributed by atoms with Crippen molar-refractivity contribution in [2.45, 2.75) is 33.1 Å². The molecule has 0 saturated heterocycles. The summed E-state index contributed by atoms with van der Waals surface area (Å²) in [5, 5.41) is 0. The number of rotatable bonds is 5. The first-order valence-corrected chi connectivity index (χ1v) is 5.73. The quantitative estimate of drug-likeness (QED) is 0.788. The van der Waals surface area contributed by atoms with Crippen molar-refractivity contribution in [3.05, 3.63) is 23.3 Å². The van der Waals surface area contributed by atoms with Crippen LogP contribution in [0.3, 0.4) is 0 Å². The van der Waals surface area contributed by atoms with Crippen LogP contribution in [0.2, 0.25) is 0 Å². The Morgan fingerprint density at radius 2 is 1.88 bits per heavy atom. The molecule has 0 heterocycles. The van der Waals surface area contributed by atoms with Crippen LogP contribution in [0.25, 0.3) is 0 Å². The number of Topliss-reactive ketones (excluding diaryl/α,β-unsaturated/α-hetero) is 1.